The molecule has 0 aliphatic rings. The number of fused-ring (bicyclic) bond motifs is 1. The number of anilines is 1. The topological polar surface area (TPSA) is 101 Å². The van der Waals surface area contributed by atoms with Crippen LogP contribution in [0.15, 0.2) is 24.3 Å². The van der Waals surface area contributed by atoms with Crippen LogP contribution in [-0.4, -0.2) is 37.2 Å². The molecule has 96 valence electrons. The maximum absolute atomic E-state index is 11.6. The molecule has 2 N–H and O–H groups in total. The van der Waals surface area contributed by atoms with E-state index in [0.29, 0.717) is 11.0 Å². The summed E-state index contributed by atoms with van der Waals surface area (Å²) in [6.45, 7) is 0. The largest absolute Gasteiger partial charge is 0.468 e. The first-order valence-corrected chi connectivity index (χ1v) is 6.67. The number of benzene rings is 1. The zero-order valence-electron chi connectivity index (χ0n) is 9.50. The number of aromatic amines is 1. The standard InChI is InChI=1S/C10H11N3O4S/c1-17-9(14)6-18(15,16)13-10-11-7-4-2-3-5-8(7)12-10/h2-5H,6H2,1H3,(H2,11,12,13). The third kappa shape index (κ3) is 2.77. The van der Waals surface area contributed by atoms with E-state index in [1.807, 2.05) is 0 Å². The van der Waals surface area contributed by atoms with Crippen molar-refractivity contribution in [2.45, 2.75) is 0 Å². The van der Waals surface area contributed by atoms with Crippen molar-refractivity contribution < 1.29 is 17.9 Å². The van der Waals surface area contributed by atoms with E-state index in [-0.39, 0.29) is 5.95 Å². The molecule has 0 amide bonds. The minimum Gasteiger partial charge on any atom is -0.468 e. The minimum absolute atomic E-state index is 0.0695. The number of hydrogen-bond donors (Lipinski definition) is 2. The van der Waals surface area contributed by atoms with Crippen molar-refractivity contribution in [2.75, 3.05) is 17.6 Å². The summed E-state index contributed by atoms with van der Waals surface area (Å²) in [4.78, 5) is 17.7. The molecule has 0 atom stereocenters. The van der Waals surface area contributed by atoms with Crippen molar-refractivity contribution in [1.29, 1.82) is 0 Å². The SMILES string of the molecule is COC(=O)CS(=O)(=O)Nc1nc2ccccc2[nH]1. The molecule has 0 spiro atoms. The normalized spacial score (nSPS) is 11.4. The Labute approximate surface area is 103 Å². The maximum Gasteiger partial charge on any atom is 0.322 e. The highest BCUT2D eigenvalue weighted by Crippen LogP contribution is 2.14. The number of hydrogen-bond acceptors (Lipinski definition) is 5. The Morgan fingerprint density at radius 1 is 1.44 bits per heavy atom. The number of nitrogens with one attached hydrogen (secondary N) is 2. The lowest BCUT2D eigenvalue weighted by Crippen LogP contribution is -2.24. The molecule has 0 saturated heterocycles. The van der Waals surface area contributed by atoms with Gasteiger partial charge in [0.1, 0.15) is 0 Å². The Morgan fingerprint density at radius 2 is 2.17 bits per heavy atom. The van der Waals surface area contributed by atoms with Crippen LogP contribution in [0, 0.1) is 0 Å². The first-order valence-electron chi connectivity index (χ1n) is 5.02. The predicted octanol–water partition coefficient (Wildman–Crippen LogP) is 0.478. The summed E-state index contributed by atoms with van der Waals surface area (Å²) in [6, 6.07) is 7.09. The fraction of sp³-hybridized carbons (Fsp3) is 0.200. The summed E-state index contributed by atoms with van der Waals surface area (Å²) in [5.74, 6) is -1.51. The van der Waals surface area contributed by atoms with E-state index in [4.69, 9.17) is 0 Å². The Balaban J connectivity index is 2.20. The van der Waals surface area contributed by atoms with Crippen LogP contribution in [0.5, 0.6) is 0 Å². The van der Waals surface area contributed by atoms with Gasteiger partial charge >= 0.3 is 5.97 Å². The summed E-state index contributed by atoms with van der Waals surface area (Å²) < 4.78 is 29.6. The van der Waals surface area contributed by atoms with Crippen LogP contribution in [0.1, 0.15) is 0 Å². The van der Waals surface area contributed by atoms with E-state index in [0.717, 1.165) is 7.11 Å². The Bertz CT molecular complexity index is 644. The first-order chi connectivity index (χ1) is 8.50. The van der Waals surface area contributed by atoms with E-state index in [1.54, 1.807) is 24.3 Å². The molecular formula is C10H11N3O4S. The summed E-state index contributed by atoms with van der Waals surface area (Å²) in [5.41, 5.74) is 1.33. The molecule has 0 aliphatic carbocycles. The summed E-state index contributed by atoms with van der Waals surface area (Å²) in [6.07, 6.45) is 0. The van der Waals surface area contributed by atoms with Crippen molar-refractivity contribution in [3.63, 3.8) is 0 Å². The fourth-order valence-electron chi connectivity index (χ4n) is 1.40. The molecule has 0 radical (unpaired) electrons. The summed E-state index contributed by atoms with van der Waals surface area (Å²) >= 11 is 0. The highest BCUT2D eigenvalue weighted by atomic mass is 32.2. The Kier molecular flexibility index (Phi) is 3.19. The van der Waals surface area contributed by atoms with E-state index in [2.05, 4.69) is 19.4 Å². The van der Waals surface area contributed by atoms with Crippen molar-refractivity contribution in [2.24, 2.45) is 0 Å². The molecule has 0 aliphatic heterocycles. The Morgan fingerprint density at radius 3 is 2.83 bits per heavy atom. The van der Waals surface area contributed by atoms with Gasteiger partial charge in [0.25, 0.3) is 0 Å². The number of esters is 1. The number of carbonyl (C=O) groups is 1. The smallest absolute Gasteiger partial charge is 0.322 e. The van der Waals surface area contributed by atoms with Crippen LogP contribution in [0.3, 0.4) is 0 Å². The molecule has 1 aromatic carbocycles. The number of methoxy groups -OCH3 is 1. The van der Waals surface area contributed by atoms with Gasteiger partial charge in [-0.05, 0) is 12.1 Å². The van der Waals surface area contributed by atoms with Gasteiger partial charge in [0.2, 0.25) is 16.0 Å². The summed E-state index contributed by atoms with van der Waals surface area (Å²) in [7, 11) is -2.69. The van der Waals surface area contributed by atoms with E-state index >= 15 is 0 Å². The zero-order chi connectivity index (χ0) is 13.2. The molecule has 0 bridgehead atoms. The molecular weight excluding hydrogens is 258 g/mol. The van der Waals surface area contributed by atoms with E-state index in [9.17, 15) is 13.2 Å². The first kappa shape index (κ1) is 12.4. The van der Waals surface area contributed by atoms with Gasteiger partial charge in [0.05, 0.1) is 18.1 Å². The molecule has 7 nitrogen and oxygen atoms in total. The molecule has 1 heterocycles. The zero-order valence-corrected chi connectivity index (χ0v) is 10.3. The third-order valence-corrected chi connectivity index (χ3v) is 3.30. The van der Waals surface area contributed by atoms with Gasteiger partial charge in [-0.3, -0.25) is 9.52 Å². The van der Waals surface area contributed by atoms with Crippen molar-refractivity contribution in [3.8, 4) is 0 Å². The second kappa shape index (κ2) is 4.65. The van der Waals surface area contributed by atoms with Gasteiger partial charge in [0, 0.05) is 0 Å². The third-order valence-electron chi connectivity index (χ3n) is 2.18. The molecule has 0 fully saturated rings. The van der Waals surface area contributed by atoms with Gasteiger partial charge in [-0.2, -0.15) is 0 Å². The van der Waals surface area contributed by atoms with Crippen molar-refractivity contribution in [1.82, 2.24) is 9.97 Å². The van der Waals surface area contributed by atoms with Crippen LogP contribution in [0.25, 0.3) is 11.0 Å². The molecule has 2 rings (SSSR count). The number of nitrogens with zero attached hydrogens (tertiary/aromatic N) is 1. The van der Waals surface area contributed by atoms with Gasteiger partial charge in [-0.25, -0.2) is 13.4 Å². The number of rotatable bonds is 4. The van der Waals surface area contributed by atoms with Crippen LogP contribution < -0.4 is 4.72 Å². The van der Waals surface area contributed by atoms with E-state index < -0.39 is 21.7 Å². The second-order valence-corrected chi connectivity index (χ2v) is 5.26. The van der Waals surface area contributed by atoms with Crippen LogP contribution in [-0.2, 0) is 19.6 Å². The molecule has 1 aromatic heterocycles. The fourth-order valence-corrected chi connectivity index (χ4v) is 2.29. The second-order valence-electron chi connectivity index (χ2n) is 3.54. The number of sulfonamides is 1. The lowest BCUT2D eigenvalue weighted by Gasteiger charge is -2.03. The van der Waals surface area contributed by atoms with Crippen LogP contribution in [0.4, 0.5) is 5.95 Å². The monoisotopic (exact) mass is 269 g/mol. The minimum atomic E-state index is -3.81. The number of imidazole rings is 1. The molecule has 0 saturated carbocycles. The lowest BCUT2D eigenvalue weighted by molar-refractivity contribution is -0.137. The maximum atomic E-state index is 11.6. The predicted molar refractivity (Wildman–Crippen MR) is 65.5 cm³/mol. The number of aromatic nitrogens is 2. The highest BCUT2D eigenvalue weighted by molar-refractivity contribution is 7.93. The molecule has 8 heteroatoms. The van der Waals surface area contributed by atoms with Gasteiger partial charge in [-0.1, -0.05) is 12.1 Å². The van der Waals surface area contributed by atoms with Crippen LogP contribution >= 0.6 is 0 Å². The van der Waals surface area contributed by atoms with Crippen molar-refractivity contribution >= 4 is 33.0 Å². The average molecular weight is 269 g/mol. The van der Waals surface area contributed by atoms with E-state index in [1.165, 1.54) is 0 Å². The Hall–Kier alpha value is -2.09. The van der Waals surface area contributed by atoms with Gasteiger partial charge in [0.15, 0.2) is 5.75 Å². The number of H-pyrrole nitrogens is 1. The number of carbonyl (C=O) groups excluding carboxylic acids is 1. The highest BCUT2D eigenvalue weighted by Gasteiger charge is 2.18. The molecule has 18 heavy (non-hydrogen) atoms. The van der Waals surface area contributed by atoms with Crippen molar-refractivity contribution in [3.05, 3.63) is 24.3 Å². The number of para-hydroxylation sites is 2. The molecule has 0 unspecified atom stereocenters. The van der Waals surface area contributed by atoms with Crippen LogP contribution in [0.2, 0.25) is 0 Å². The average Bonchev–Trinajstić information content (AvgIpc) is 2.68. The molecule has 2 aromatic rings. The lowest BCUT2D eigenvalue weighted by atomic mass is 10.3. The van der Waals surface area contributed by atoms with Gasteiger partial charge in [-0.15, -0.1) is 0 Å². The summed E-state index contributed by atoms with van der Waals surface area (Å²) in [5, 5.41) is 0. The quantitative estimate of drug-likeness (QED) is 0.786. The van der Waals surface area contributed by atoms with Gasteiger partial charge < -0.3 is 9.72 Å². The number of ether oxygens (including phenoxy) is 1.